The Morgan fingerprint density at radius 3 is 2.67 bits per heavy atom. The molecule has 2 aliphatic heterocycles. The third kappa shape index (κ3) is 3.04. The molecule has 3 rings (SSSR count). The lowest BCUT2D eigenvalue weighted by Gasteiger charge is -2.43. The van der Waals surface area contributed by atoms with E-state index in [1.54, 1.807) is 0 Å². The molecule has 2 unspecified atom stereocenters. The van der Waals surface area contributed by atoms with E-state index in [4.69, 9.17) is 0 Å². The quantitative estimate of drug-likeness (QED) is 0.824. The summed E-state index contributed by atoms with van der Waals surface area (Å²) in [5, 5.41) is 1.86. The van der Waals surface area contributed by atoms with Gasteiger partial charge in [0.05, 0.1) is 0 Å². The van der Waals surface area contributed by atoms with Crippen LogP contribution in [0, 0.1) is 11.8 Å². The zero-order valence-electron chi connectivity index (χ0n) is 10.7. The third-order valence-corrected chi connectivity index (χ3v) is 4.30. The number of piperidine rings is 1. The van der Waals surface area contributed by atoms with Crippen molar-refractivity contribution < 1.29 is 4.79 Å². The molecule has 2 saturated heterocycles. The fraction of sp³-hybridized carbons (Fsp3) is 0.929. The summed E-state index contributed by atoms with van der Waals surface area (Å²) < 4.78 is 0. The van der Waals surface area contributed by atoms with Gasteiger partial charge in [-0.1, -0.05) is 20.3 Å². The van der Waals surface area contributed by atoms with Crippen LogP contribution < -0.4 is 5.43 Å². The van der Waals surface area contributed by atoms with E-state index in [9.17, 15) is 4.79 Å². The minimum Gasteiger partial charge on any atom is -0.306 e. The lowest BCUT2D eigenvalue weighted by molar-refractivity contribution is -0.154. The van der Waals surface area contributed by atoms with Gasteiger partial charge in [0.1, 0.15) is 6.04 Å². The number of hydrogen-bond donors (Lipinski definition) is 1. The van der Waals surface area contributed by atoms with Gasteiger partial charge in [-0.15, -0.1) is 0 Å². The largest absolute Gasteiger partial charge is 0.306 e. The molecule has 4 nitrogen and oxygen atoms in total. The van der Waals surface area contributed by atoms with Gasteiger partial charge >= 0.3 is 0 Å². The Bertz CT molecular complexity index is 303. The first kappa shape index (κ1) is 13.8. The fourth-order valence-electron chi connectivity index (χ4n) is 3.09. The van der Waals surface area contributed by atoms with Crippen LogP contribution in [0.15, 0.2) is 0 Å². The monoisotopic (exact) mass is 253 g/mol. The van der Waals surface area contributed by atoms with Crippen molar-refractivity contribution in [3.63, 3.8) is 0 Å². The Hall–Kier alpha value is -0.610. The van der Waals surface area contributed by atoms with Crippen molar-refractivity contribution in [2.24, 2.45) is 11.8 Å². The van der Waals surface area contributed by atoms with Gasteiger partial charge in [-0.25, -0.2) is 5.43 Å². The van der Waals surface area contributed by atoms with E-state index in [1.165, 1.54) is 32.2 Å². The van der Waals surface area contributed by atoms with Gasteiger partial charge in [0.25, 0.3) is 5.91 Å². The summed E-state index contributed by atoms with van der Waals surface area (Å²) in [6.45, 7) is 3.26. The second-order valence-electron chi connectivity index (χ2n) is 6.08. The van der Waals surface area contributed by atoms with Crippen LogP contribution in [-0.4, -0.2) is 48.5 Å². The van der Waals surface area contributed by atoms with Gasteiger partial charge in [0.2, 0.25) is 0 Å². The number of nitrogens with zero attached hydrogens (tertiary/aromatic N) is 2. The van der Waals surface area contributed by atoms with Crippen LogP contribution in [-0.2, 0) is 4.79 Å². The third-order valence-electron chi connectivity index (χ3n) is 4.30. The predicted octanol–water partition coefficient (Wildman–Crippen LogP) is 1.48. The molecule has 3 aliphatic rings. The number of amides is 1. The average molecular weight is 253 g/mol. The number of carbonyl (C=O) groups excluding carboxylic acids is 1. The van der Waals surface area contributed by atoms with Gasteiger partial charge in [-0.3, -0.25) is 9.80 Å². The Morgan fingerprint density at radius 1 is 1.28 bits per heavy atom. The minimum absolute atomic E-state index is 0. The van der Waals surface area contributed by atoms with E-state index in [2.05, 4.69) is 17.4 Å². The minimum atomic E-state index is 0. The summed E-state index contributed by atoms with van der Waals surface area (Å²) in [5.74, 6) is 1.83. The fourth-order valence-corrected chi connectivity index (χ4v) is 3.09. The van der Waals surface area contributed by atoms with E-state index in [1.807, 2.05) is 5.01 Å². The molecule has 0 spiro atoms. The SMILES string of the molecule is C.CN1CCCC(CN2NC(CC3CC3)C2=O)C1. The van der Waals surface area contributed by atoms with Gasteiger partial charge in [-0.2, -0.15) is 0 Å². The highest BCUT2D eigenvalue weighted by molar-refractivity contribution is 5.86. The first-order valence-corrected chi connectivity index (χ1v) is 6.98. The Kier molecular flexibility index (Phi) is 4.28. The van der Waals surface area contributed by atoms with Gasteiger partial charge in [0, 0.05) is 13.1 Å². The summed E-state index contributed by atoms with van der Waals surface area (Å²) in [6.07, 6.45) is 6.27. The molecule has 2 heterocycles. The zero-order chi connectivity index (χ0) is 11.8. The van der Waals surface area contributed by atoms with Crippen molar-refractivity contribution in [3.8, 4) is 0 Å². The Morgan fingerprint density at radius 2 is 2.06 bits per heavy atom. The molecular formula is C14H27N3O. The van der Waals surface area contributed by atoms with Crippen molar-refractivity contribution in [1.82, 2.24) is 15.3 Å². The van der Waals surface area contributed by atoms with E-state index >= 15 is 0 Å². The van der Waals surface area contributed by atoms with Crippen LogP contribution >= 0.6 is 0 Å². The molecule has 0 aromatic carbocycles. The lowest BCUT2D eigenvalue weighted by atomic mass is 9.97. The van der Waals surface area contributed by atoms with E-state index in [-0.39, 0.29) is 13.5 Å². The molecule has 3 fully saturated rings. The van der Waals surface area contributed by atoms with Crippen LogP contribution in [0.1, 0.15) is 39.5 Å². The highest BCUT2D eigenvalue weighted by Gasteiger charge is 2.40. The summed E-state index contributed by atoms with van der Waals surface area (Å²) in [4.78, 5) is 14.3. The number of hydrogen-bond acceptors (Lipinski definition) is 3. The maximum absolute atomic E-state index is 11.9. The predicted molar refractivity (Wildman–Crippen MR) is 72.9 cm³/mol. The molecule has 1 saturated carbocycles. The van der Waals surface area contributed by atoms with Crippen molar-refractivity contribution >= 4 is 5.91 Å². The van der Waals surface area contributed by atoms with Crippen molar-refractivity contribution in [2.45, 2.75) is 45.6 Å². The van der Waals surface area contributed by atoms with Crippen LogP contribution in [0.2, 0.25) is 0 Å². The van der Waals surface area contributed by atoms with Crippen molar-refractivity contribution in [1.29, 1.82) is 0 Å². The molecule has 0 bridgehead atoms. The normalized spacial score (nSPS) is 32.9. The molecule has 1 amide bonds. The second kappa shape index (κ2) is 5.57. The molecule has 2 atom stereocenters. The number of nitrogens with one attached hydrogen (secondary N) is 1. The maximum Gasteiger partial charge on any atom is 0.255 e. The Labute approximate surface area is 111 Å². The smallest absolute Gasteiger partial charge is 0.255 e. The van der Waals surface area contributed by atoms with Crippen LogP contribution in [0.3, 0.4) is 0 Å². The van der Waals surface area contributed by atoms with Crippen LogP contribution in [0.4, 0.5) is 0 Å². The molecule has 18 heavy (non-hydrogen) atoms. The molecule has 4 heteroatoms. The summed E-state index contributed by atoms with van der Waals surface area (Å²) in [7, 11) is 2.17. The highest BCUT2D eigenvalue weighted by Crippen LogP contribution is 2.35. The number of likely N-dealkylation sites (tertiary alicyclic amines) is 1. The molecule has 0 aromatic heterocycles. The van der Waals surface area contributed by atoms with Gasteiger partial charge in [-0.05, 0) is 44.7 Å². The van der Waals surface area contributed by atoms with Gasteiger partial charge in [0.15, 0.2) is 0 Å². The molecule has 1 aliphatic carbocycles. The zero-order valence-corrected chi connectivity index (χ0v) is 10.7. The maximum atomic E-state index is 11.9. The highest BCUT2D eigenvalue weighted by atomic mass is 16.2. The van der Waals surface area contributed by atoms with Crippen LogP contribution in [0.5, 0.6) is 0 Å². The van der Waals surface area contributed by atoms with Crippen molar-refractivity contribution in [3.05, 3.63) is 0 Å². The van der Waals surface area contributed by atoms with E-state index in [0.29, 0.717) is 11.8 Å². The number of hydrazine groups is 1. The van der Waals surface area contributed by atoms with Crippen LogP contribution in [0.25, 0.3) is 0 Å². The first-order valence-electron chi connectivity index (χ1n) is 6.98. The molecular weight excluding hydrogens is 226 g/mol. The average Bonchev–Trinajstić information content (AvgIpc) is 3.11. The molecule has 104 valence electrons. The molecule has 0 aromatic rings. The number of carbonyl (C=O) groups is 1. The van der Waals surface area contributed by atoms with Gasteiger partial charge < -0.3 is 4.90 Å². The molecule has 0 radical (unpaired) electrons. The Balaban J connectivity index is 0.00000120. The van der Waals surface area contributed by atoms with E-state index in [0.717, 1.165) is 25.4 Å². The summed E-state index contributed by atoms with van der Waals surface area (Å²) in [6, 6.07) is 0.142. The molecule has 1 N–H and O–H groups in total. The lowest BCUT2D eigenvalue weighted by Crippen LogP contribution is -2.67. The number of rotatable bonds is 4. The summed E-state index contributed by atoms with van der Waals surface area (Å²) >= 11 is 0. The second-order valence-corrected chi connectivity index (χ2v) is 6.08. The standard InChI is InChI=1S/C13H23N3O.CH4/c1-15-6-2-3-11(8-15)9-16-13(17)12(14-16)7-10-4-5-10;/h10-12,14H,2-9H2,1H3;1H4. The topological polar surface area (TPSA) is 35.6 Å². The first-order chi connectivity index (χ1) is 8.22. The van der Waals surface area contributed by atoms with Crippen molar-refractivity contribution in [2.75, 3.05) is 26.7 Å². The summed E-state index contributed by atoms with van der Waals surface area (Å²) in [5.41, 5.74) is 3.33. The van der Waals surface area contributed by atoms with E-state index < -0.39 is 0 Å².